The highest BCUT2D eigenvalue weighted by molar-refractivity contribution is 6.00. The molecule has 5 nitrogen and oxygen atoms in total. The van der Waals surface area contributed by atoms with Crippen LogP contribution in [0.15, 0.2) is 18.2 Å². The summed E-state index contributed by atoms with van der Waals surface area (Å²) in [6.45, 7) is 2.90. The Morgan fingerprint density at radius 3 is 2.79 bits per heavy atom. The molecule has 0 aliphatic heterocycles. The number of anilines is 2. The number of nitrogens with two attached hydrogens (primary N) is 1. The molecule has 5 heteroatoms. The number of carbonyl (C=O) groups excluding carboxylic acids is 1. The first kappa shape index (κ1) is 13.7. The maximum atomic E-state index is 11.9. The summed E-state index contributed by atoms with van der Waals surface area (Å²) in [4.78, 5) is 11.9. The minimum absolute atomic E-state index is 0.134. The van der Waals surface area contributed by atoms with Crippen LogP contribution in [0.5, 0.6) is 0 Å². The lowest BCUT2D eigenvalue weighted by molar-refractivity contribution is -0.0202. The number of benzene rings is 1. The highest BCUT2D eigenvalue weighted by Gasteiger charge is 2.34. The zero-order valence-electron chi connectivity index (χ0n) is 11.2. The molecule has 1 amide bonds. The number of carbonyl (C=O) groups is 1. The van der Waals surface area contributed by atoms with Crippen LogP contribution >= 0.6 is 0 Å². The summed E-state index contributed by atoms with van der Waals surface area (Å²) in [5.74, 6) is -0.134. The van der Waals surface area contributed by atoms with Crippen molar-refractivity contribution < 1.29 is 9.90 Å². The Labute approximate surface area is 113 Å². The Balaban J connectivity index is 2.12. The predicted molar refractivity (Wildman–Crippen MR) is 76.2 cm³/mol. The molecule has 19 heavy (non-hydrogen) atoms. The second kappa shape index (κ2) is 5.48. The molecule has 1 saturated carbocycles. The van der Waals surface area contributed by atoms with E-state index in [1.165, 1.54) is 0 Å². The molecule has 1 aliphatic carbocycles. The van der Waals surface area contributed by atoms with Gasteiger partial charge in [0.25, 0.3) is 5.91 Å². The van der Waals surface area contributed by atoms with Gasteiger partial charge in [-0.15, -0.1) is 0 Å². The summed E-state index contributed by atoms with van der Waals surface area (Å²) in [7, 11) is 0. The molecular formula is C14H21N3O2. The molecule has 2 rings (SSSR count). The van der Waals surface area contributed by atoms with Gasteiger partial charge in [-0.05, 0) is 44.4 Å². The summed E-state index contributed by atoms with van der Waals surface area (Å²) in [5.41, 5.74) is 6.94. The van der Waals surface area contributed by atoms with E-state index in [-0.39, 0.29) is 5.91 Å². The summed E-state index contributed by atoms with van der Waals surface area (Å²) < 4.78 is 0. The van der Waals surface area contributed by atoms with Crippen LogP contribution in [0.3, 0.4) is 0 Å². The molecule has 0 radical (unpaired) electrons. The van der Waals surface area contributed by atoms with Gasteiger partial charge in [-0.25, -0.2) is 0 Å². The molecule has 0 atom stereocenters. The van der Waals surface area contributed by atoms with Crippen molar-refractivity contribution in [3.8, 4) is 0 Å². The van der Waals surface area contributed by atoms with Crippen LogP contribution in [0.25, 0.3) is 0 Å². The molecule has 0 bridgehead atoms. The Kier molecular flexibility index (Phi) is 3.95. The van der Waals surface area contributed by atoms with Gasteiger partial charge in [-0.2, -0.15) is 0 Å². The lowest BCUT2D eigenvalue weighted by atomic mass is 9.80. The highest BCUT2D eigenvalue weighted by Crippen LogP contribution is 2.32. The van der Waals surface area contributed by atoms with Gasteiger partial charge in [0, 0.05) is 24.5 Å². The molecule has 0 aromatic heterocycles. The van der Waals surface area contributed by atoms with Gasteiger partial charge in [0.05, 0.1) is 11.2 Å². The zero-order valence-corrected chi connectivity index (χ0v) is 11.2. The fourth-order valence-corrected chi connectivity index (χ4v) is 2.18. The molecule has 5 N–H and O–H groups in total. The van der Waals surface area contributed by atoms with Gasteiger partial charge in [-0.1, -0.05) is 0 Å². The fourth-order valence-electron chi connectivity index (χ4n) is 2.18. The van der Waals surface area contributed by atoms with Gasteiger partial charge >= 0.3 is 0 Å². The van der Waals surface area contributed by atoms with E-state index in [9.17, 15) is 9.90 Å². The molecule has 104 valence electrons. The minimum Gasteiger partial charge on any atom is -0.399 e. The van der Waals surface area contributed by atoms with Crippen molar-refractivity contribution in [1.29, 1.82) is 0 Å². The molecule has 1 aliphatic rings. The van der Waals surface area contributed by atoms with Crippen molar-refractivity contribution in [2.45, 2.75) is 31.8 Å². The molecule has 1 aromatic carbocycles. The third-order valence-corrected chi connectivity index (χ3v) is 3.52. The third-order valence-electron chi connectivity index (χ3n) is 3.52. The topological polar surface area (TPSA) is 87.4 Å². The lowest BCUT2D eigenvalue weighted by Crippen LogP contribution is -2.43. The van der Waals surface area contributed by atoms with Crippen LogP contribution < -0.4 is 16.4 Å². The Bertz CT molecular complexity index is 470. The first-order chi connectivity index (χ1) is 9.04. The van der Waals surface area contributed by atoms with Crippen molar-refractivity contribution in [1.82, 2.24) is 5.32 Å². The SMILES string of the molecule is CCNC(=O)c1ccc(N)cc1NCC1(O)CCC1. The van der Waals surface area contributed by atoms with Crippen molar-refractivity contribution >= 4 is 17.3 Å². The molecule has 1 fully saturated rings. The van der Waals surface area contributed by atoms with Crippen LogP contribution in [-0.4, -0.2) is 29.7 Å². The largest absolute Gasteiger partial charge is 0.399 e. The maximum Gasteiger partial charge on any atom is 0.253 e. The van der Waals surface area contributed by atoms with E-state index in [2.05, 4.69) is 10.6 Å². The molecule has 0 saturated heterocycles. The van der Waals surface area contributed by atoms with Crippen LogP contribution in [0.4, 0.5) is 11.4 Å². The van der Waals surface area contributed by atoms with E-state index in [0.717, 1.165) is 19.3 Å². The maximum absolute atomic E-state index is 11.9. The van der Waals surface area contributed by atoms with E-state index in [4.69, 9.17) is 5.73 Å². The average Bonchev–Trinajstić information content (AvgIpc) is 2.34. The van der Waals surface area contributed by atoms with E-state index >= 15 is 0 Å². The minimum atomic E-state index is -0.636. The van der Waals surface area contributed by atoms with Crippen LogP contribution in [-0.2, 0) is 0 Å². The van der Waals surface area contributed by atoms with Crippen LogP contribution in [0.1, 0.15) is 36.5 Å². The second-order valence-corrected chi connectivity index (χ2v) is 5.10. The number of amides is 1. The Morgan fingerprint density at radius 1 is 1.47 bits per heavy atom. The zero-order chi connectivity index (χ0) is 13.9. The summed E-state index contributed by atoms with van der Waals surface area (Å²) in [5, 5.41) is 16.0. The fraction of sp³-hybridized carbons (Fsp3) is 0.500. The molecule has 1 aromatic rings. The number of hydrogen-bond acceptors (Lipinski definition) is 4. The summed E-state index contributed by atoms with van der Waals surface area (Å²) in [6.07, 6.45) is 2.66. The van der Waals surface area contributed by atoms with Gasteiger partial charge in [0.2, 0.25) is 0 Å². The lowest BCUT2D eigenvalue weighted by Gasteiger charge is -2.37. The van der Waals surface area contributed by atoms with Gasteiger partial charge in [-0.3, -0.25) is 4.79 Å². The van der Waals surface area contributed by atoms with Crippen LogP contribution in [0, 0.1) is 0 Å². The van der Waals surface area contributed by atoms with Crippen molar-refractivity contribution in [3.05, 3.63) is 23.8 Å². The highest BCUT2D eigenvalue weighted by atomic mass is 16.3. The first-order valence-corrected chi connectivity index (χ1v) is 6.68. The molecular weight excluding hydrogens is 242 g/mol. The first-order valence-electron chi connectivity index (χ1n) is 6.68. The van der Waals surface area contributed by atoms with Gasteiger partial charge in [0.1, 0.15) is 0 Å². The van der Waals surface area contributed by atoms with Gasteiger partial charge in [0.15, 0.2) is 0 Å². The quantitative estimate of drug-likeness (QED) is 0.604. The van der Waals surface area contributed by atoms with E-state index in [1.54, 1.807) is 18.2 Å². The molecule has 0 heterocycles. The summed E-state index contributed by atoms with van der Waals surface area (Å²) in [6, 6.07) is 5.13. The second-order valence-electron chi connectivity index (χ2n) is 5.10. The van der Waals surface area contributed by atoms with Crippen molar-refractivity contribution in [2.24, 2.45) is 0 Å². The Morgan fingerprint density at radius 2 is 2.21 bits per heavy atom. The van der Waals surface area contributed by atoms with E-state index < -0.39 is 5.60 Å². The monoisotopic (exact) mass is 263 g/mol. The van der Waals surface area contributed by atoms with E-state index in [0.29, 0.717) is 30.0 Å². The van der Waals surface area contributed by atoms with Crippen molar-refractivity contribution in [3.63, 3.8) is 0 Å². The third kappa shape index (κ3) is 3.17. The van der Waals surface area contributed by atoms with E-state index in [1.807, 2.05) is 6.92 Å². The van der Waals surface area contributed by atoms with Crippen LogP contribution in [0.2, 0.25) is 0 Å². The average molecular weight is 263 g/mol. The number of nitrogen functional groups attached to an aromatic ring is 1. The Hall–Kier alpha value is -1.75. The number of rotatable bonds is 5. The predicted octanol–water partition coefficient (Wildman–Crippen LogP) is 1.35. The normalized spacial score (nSPS) is 16.5. The summed E-state index contributed by atoms with van der Waals surface area (Å²) >= 11 is 0. The standard InChI is InChI=1S/C14H21N3O2/c1-2-16-13(18)11-5-4-10(15)8-12(11)17-9-14(19)6-3-7-14/h4-5,8,17,19H,2-3,6-7,9,15H2,1H3,(H,16,18). The van der Waals surface area contributed by atoms with Crippen molar-refractivity contribution in [2.75, 3.05) is 24.1 Å². The number of aliphatic hydroxyl groups is 1. The number of hydrogen-bond donors (Lipinski definition) is 4. The molecule has 0 unspecified atom stereocenters. The van der Waals surface area contributed by atoms with Gasteiger partial charge < -0.3 is 21.5 Å². The molecule has 0 spiro atoms. The number of nitrogens with one attached hydrogen (secondary N) is 2. The smallest absolute Gasteiger partial charge is 0.253 e.